The summed E-state index contributed by atoms with van der Waals surface area (Å²) in [5, 5.41) is 0. The molecule has 1 aromatic carbocycles. The van der Waals surface area contributed by atoms with Gasteiger partial charge in [-0.05, 0) is 71.4 Å². The number of hydrogen-bond acceptors (Lipinski definition) is 5. The molecule has 1 aromatic rings. The molecule has 3 rings (SSSR count). The Morgan fingerprint density at radius 2 is 1.59 bits per heavy atom. The van der Waals surface area contributed by atoms with Crippen LogP contribution in [0.1, 0.15) is 56.2 Å². The highest BCUT2D eigenvalue weighted by Gasteiger charge is 2.38. The molecule has 0 aromatic heterocycles. The van der Waals surface area contributed by atoms with Crippen LogP contribution in [0.3, 0.4) is 0 Å². The predicted octanol–water partition coefficient (Wildman–Crippen LogP) is 3.36. The van der Waals surface area contributed by atoms with Gasteiger partial charge in [-0.2, -0.15) is 4.31 Å². The topological polar surface area (TPSA) is 70.2 Å². The first kappa shape index (κ1) is 27.1. The lowest BCUT2D eigenvalue weighted by atomic mass is 9.85. The van der Waals surface area contributed by atoms with Gasteiger partial charge in [-0.15, -0.1) is 0 Å². The highest BCUT2D eigenvalue weighted by molar-refractivity contribution is 7.89. The number of sulfonamides is 1. The van der Waals surface area contributed by atoms with Crippen LogP contribution in [-0.4, -0.2) is 87.0 Å². The van der Waals surface area contributed by atoms with E-state index in [-0.39, 0.29) is 17.9 Å². The lowest BCUT2D eigenvalue weighted by molar-refractivity contribution is -0.138. The van der Waals surface area contributed by atoms with Crippen LogP contribution in [0.25, 0.3) is 0 Å². The van der Waals surface area contributed by atoms with Crippen LogP contribution in [0, 0.1) is 26.7 Å². The molecular weight excluding hydrogens is 450 g/mol. The van der Waals surface area contributed by atoms with E-state index in [0.29, 0.717) is 36.9 Å². The predicted molar refractivity (Wildman–Crippen MR) is 135 cm³/mol. The van der Waals surface area contributed by atoms with Crippen molar-refractivity contribution in [1.29, 1.82) is 0 Å². The van der Waals surface area contributed by atoms with Crippen molar-refractivity contribution in [2.24, 2.45) is 5.92 Å². The van der Waals surface area contributed by atoms with Gasteiger partial charge < -0.3 is 9.64 Å². The molecule has 0 spiro atoms. The van der Waals surface area contributed by atoms with Crippen LogP contribution in [0.4, 0.5) is 0 Å². The second-order valence-electron chi connectivity index (χ2n) is 10.3. The summed E-state index contributed by atoms with van der Waals surface area (Å²) in [6.07, 6.45) is 2.88. The van der Waals surface area contributed by atoms with Crippen LogP contribution < -0.4 is 0 Å². The number of nitrogens with zero attached hydrogens (tertiary/aromatic N) is 3. The lowest BCUT2D eigenvalue weighted by Gasteiger charge is -2.40. The Morgan fingerprint density at radius 3 is 2.09 bits per heavy atom. The molecule has 34 heavy (non-hydrogen) atoms. The number of methoxy groups -OCH3 is 1. The van der Waals surface area contributed by atoms with Gasteiger partial charge in [0.15, 0.2) is 0 Å². The highest BCUT2D eigenvalue weighted by Crippen LogP contribution is 2.34. The maximum absolute atomic E-state index is 13.8. The van der Waals surface area contributed by atoms with E-state index >= 15 is 0 Å². The number of carbonyl (C=O) groups is 1. The minimum atomic E-state index is -3.67. The summed E-state index contributed by atoms with van der Waals surface area (Å²) in [4.78, 5) is 18.0. The standard InChI is InChI=1S/C26H43N3O4S/c1-19(2)27-11-13-28(14-12-27)26(30)23-7-9-24(10-8-23)29(15-16-33-6)34(31,32)25-21(4)17-20(3)18-22(25)5/h17-19,23-24H,7-16H2,1-6H3. The number of aryl methyl sites for hydroxylation is 3. The molecule has 0 N–H and O–H groups in total. The molecule has 8 heteroatoms. The Balaban J connectivity index is 1.70. The smallest absolute Gasteiger partial charge is 0.243 e. The van der Waals surface area contributed by atoms with E-state index in [1.807, 2.05) is 37.8 Å². The average Bonchev–Trinajstić information content (AvgIpc) is 2.78. The van der Waals surface area contributed by atoms with Gasteiger partial charge >= 0.3 is 0 Å². The molecule has 1 aliphatic heterocycles. The van der Waals surface area contributed by atoms with E-state index < -0.39 is 10.0 Å². The van der Waals surface area contributed by atoms with Crippen LogP contribution in [-0.2, 0) is 19.6 Å². The van der Waals surface area contributed by atoms with Gasteiger partial charge in [0.05, 0.1) is 11.5 Å². The Labute approximate surface area is 206 Å². The third kappa shape index (κ3) is 6.01. The second-order valence-corrected chi connectivity index (χ2v) is 12.1. The van der Waals surface area contributed by atoms with Gasteiger partial charge in [0.25, 0.3) is 0 Å². The lowest BCUT2D eigenvalue weighted by Crippen LogP contribution is -2.53. The maximum Gasteiger partial charge on any atom is 0.243 e. The third-order valence-corrected chi connectivity index (χ3v) is 9.75. The zero-order chi connectivity index (χ0) is 25.0. The Hall–Kier alpha value is -1.48. The largest absolute Gasteiger partial charge is 0.383 e. The number of benzene rings is 1. The van der Waals surface area contributed by atoms with Gasteiger partial charge in [-0.1, -0.05) is 17.7 Å². The Bertz CT molecular complexity index is 924. The van der Waals surface area contributed by atoms with Crippen molar-refractivity contribution in [2.45, 2.75) is 77.3 Å². The van der Waals surface area contributed by atoms with E-state index in [4.69, 9.17) is 4.74 Å². The molecule has 7 nitrogen and oxygen atoms in total. The molecule has 1 saturated heterocycles. The first-order chi connectivity index (χ1) is 16.1. The van der Waals surface area contributed by atoms with Crippen molar-refractivity contribution in [3.05, 3.63) is 28.8 Å². The fourth-order valence-electron chi connectivity index (χ4n) is 5.70. The van der Waals surface area contributed by atoms with E-state index in [2.05, 4.69) is 18.7 Å². The first-order valence-electron chi connectivity index (χ1n) is 12.7. The van der Waals surface area contributed by atoms with Crippen LogP contribution in [0.5, 0.6) is 0 Å². The number of ether oxygens (including phenoxy) is 1. The first-order valence-corrected chi connectivity index (χ1v) is 14.1. The molecule has 1 saturated carbocycles. The summed E-state index contributed by atoms with van der Waals surface area (Å²) in [6.45, 7) is 14.2. The number of hydrogen-bond donors (Lipinski definition) is 0. The molecule has 2 fully saturated rings. The molecule has 2 aliphatic rings. The van der Waals surface area contributed by atoms with Gasteiger partial charge in [0.2, 0.25) is 15.9 Å². The zero-order valence-electron chi connectivity index (χ0n) is 21.8. The summed E-state index contributed by atoms with van der Waals surface area (Å²) in [5.74, 6) is 0.245. The van der Waals surface area contributed by atoms with Crippen LogP contribution in [0.2, 0.25) is 0 Å². The summed E-state index contributed by atoms with van der Waals surface area (Å²) >= 11 is 0. The maximum atomic E-state index is 13.8. The molecule has 0 unspecified atom stereocenters. The van der Waals surface area contributed by atoms with Crippen LogP contribution >= 0.6 is 0 Å². The fourth-order valence-corrected chi connectivity index (χ4v) is 7.78. The van der Waals surface area contributed by atoms with Gasteiger partial charge in [0, 0.05) is 57.8 Å². The van der Waals surface area contributed by atoms with E-state index in [1.165, 1.54) is 0 Å². The molecule has 192 valence electrons. The summed E-state index contributed by atoms with van der Waals surface area (Å²) in [7, 11) is -2.07. The van der Waals surface area contributed by atoms with Crippen molar-refractivity contribution < 1.29 is 17.9 Å². The molecule has 0 atom stereocenters. The van der Waals surface area contributed by atoms with Gasteiger partial charge in [-0.25, -0.2) is 8.42 Å². The van der Waals surface area contributed by atoms with Crippen molar-refractivity contribution >= 4 is 15.9 Å². The second kappa shape index (κ2) is 11.5. The van der Waals surface area contributed by atoms with Crippen molar-refractivity contribution in [1.82, 2.24) is 14.1 Å². The minimum Gasteiger partial charge on any atom is -0.383 e. The molecular formula is C26H43N3O4S. The van der Waals surface area contributed by atoms with Crippen molar-refractivity contribution in [3.63, 3.8) is 0 Å². The zero-order valence-corrected chi connectivity index (χ0v) is 22.7. The normalized spacial score (nSPS) is 22.5. The molecule has 1 aliphatic carbocycles. The van der Waals surface area contributed by atoms with Gasteiger partial charge in [-0.3, -0.25) is 9.69 Å². The summed E-state index contributed by atoms with van der Waals surface area (Å²) in [6, 6.07) is 4.27. The quantitative estimate of drug-likeness (QED) is 0.555. The summed E-state index contributed by atoms with van der Waals surface area (Å²) in [5.41, 5.74) is 2.62. The van der Waals surface area contributed by atoms with E-state index in [0.717, 1.165) is 55.7 Å². The summed E-state index contributed by atoms with van der Waals surface area (Å²) < 4.78 is 34.6. The van der Waals surface area contributed by atoms with E-state index in [9.17, 15) is 13.2 Å². The Morgan fingerprint density at radius 1 is 1.03 bits per heavy atom. The molecule has 1 heterocycles. The number of carbonyl (C=O) groups excluding carboxylic acids is 1. The SMILES string of the molecule is COCCN(C1CCC(C(=O)N2CCN(C(C)C)CC2)CC1)S(=O)(=O)c1c(C)cc(C)cc1C. The highest BCUT2D eigenvalue weighted by atomic mass is 32.2. The third-order valence-electron chi connectivity index (χ3n) is 7.50. The molecule has 1 amide bonds. The van der Waals surface area contributed by atoms with Crippen molar-refractivity contribution in [2.75, 3.05) is 46.4 Å². The van der Waals surface area contributed by atoms with E-state index in [1.54, 1.807) is 11.4 Å². The molecule has 0 bridgehead atoms. The van der Waals surface area contributed by atoms with Crippen LogP contribution in [0.15, 0.2) is 17.0 Å². The average molecular weight is 494 g/mol. The van der Waals surface area contributed by atoms with Gasteiger partial charge in [0.1, 0.15) is 0 Å². The number of amides is 1. The Kier molecular flexibility index (Phi) is 9.17. The minimum absolute atomic E-state index is 0.00308. The fraction of sp³-hybridized carbons (Fsp3) is 0.731. The number of piperazine rings is 1. The number of rotatable bonds is 8. The van der Waals surface area contributed by atoms with Crippen molar-refractivity contribution in [3.8, 4) is 0 Å². The molecule has 0 radical (unpaired) electrons. The monoisotopic (exact) mass is 493 g/mol.